The van der Waals surface area contributed by atoms with Crippen LogP contribution >= 0.6 is 0 Å². The average molecular weight is 670 g/mol. The smallest absolute Gasteiger partial charge is 0.240 e. The van der Waals surface area contributed by atoms with Crippen molar-refractivity contribution in [1.82, 2.24) is 10.4 Å². The van der Waals surface area contributed by atoms with Gasteiger partial charge in [-0.25, -0.2) is 0 Å². The fourth-order valence-corrected chi connectivity index (χ4v) is 9.84. The molecule has 6 rings (SSSR count). The number of aliphatic hydroxyl groups excluding tert-OH is 2. The van der Waals surface area contributed by atoms with Gasteiger partial charge < -0.3 is 21.3 Å². The molecule has 1 amide bonds. The maximum atomic E-state index is 14.2. The molecule has 2 aromatic rings. The van der Waals surface area contributed by atoms with Crippen molar-refractivity contribution in [2.75, 3.05) is 13.2 Å². The highest BCUT2D eigenvalue weighted by Crippen LogP contribution is 2.57. The zero-order valence-corrected chi connectivity index (χ0v) is 30.4. The molecule has 49 heavy (non-hydrogen) atoms. The van der Waals surface area contributed by atoms with Gasteiger partial charge in [0.05, 0.1) is 24.8 Å². The maximum absolute atomic E-state index is 14.2. The fourth-order valence-electron chi connectivity index (χ4n) is 9.84. The first-order valence-corrected chi connectivity index (χ1v) is 18.9. The second kappa shape index (κ2) is 14.5. The summed E-state index contributed by atoms with van der Waals surface area (Å²) in [4.78, 5) is 20.5. The highest BCUT2D eigenvalue weighted by atomic mass is 16.7. The third-order valence-electron chi connectivity index (χ3n) is 12.7. The van der Waals surface area contributed by atoms with Crippen molar-refractivity contribution in [1.29, 1.82) is 0 Å². The van der Waals surface area contributed by atoms with Gasteiger partial charge in [-0.15, -0.1) is 0 Å². The van der Waals surface area contributed by atoms with Crippen LogP contribution in [0.2, 0.25) is 0 Å². The van der Waals surface area contributed by atoms with E-state index in [1.165, 1.54) is 23.1 Å². The van der Waals surface area contributed by atoms with E-state index in [4.69, 9.17) is 10.6 Å². The number of rotatable bonds is 8. The van der Waals surface area contributed by atoms with Gasteiger partial charge in [-0.3, -0.25) is 9.63 Å². The molecule has 1 aliphatic heterocycles. The molecule has 0 radical (unpaired) electrons. The number of carbonyl (C=O) groups is 1. The van der Waals surface area contributed by atoms with Gasteiger partial charge in [-0.2, -0.15) is 5.06 Å². The first kappa shape index (κ1) is 36.1. The maximum Gasteiger partial charge on any atom is 0.240 e. The molecule has 2 saturated carbocycles. The van der Waals surface area contributed by atoms with Crippen molar-refractivity contribution in [3.63, 3.8) is 0 Å². The lowest BCUT2D eigenvalue weighted by Gasteiger charge is -2.55. The molecule has 0 bridgehead atoms. The zero-order valence-electron chi connectivity index (χ0n) is 30.4. The summed E-state index contributed by atoms with van der Waals surface area (Å²) in [6.45, 7) is 11.6. The number of aryl methyl sites for hydroxylation is 1. The minimum absolute atomic E-state index is 0.0641. The quantitative estimate of drug-likeness (QED) is 0.252. The first-order chi connectivity index (χ1) is 23.4. The van der Waals surface area contributed by atoms with E-state index in [9.17, 15) is 15.0 Å². The fraction of sp³-hybridized carbons (Fsp3) is 0.643. The van der Waals surface area contributed by atoms with Gasteiger partial charge in [0.15, 0.2) is 0 Å². The first-order valence-electron chi connectivity index (χ1n) is 18.9. The highest BCUT2D eigenvalue weighted by molar-refractivity contribution is 5.82. The molecule has 3 fully saturated rings. The molecular formula is C42H59N3O4. The Morgan fingerprint density at radius 3 is 2.55 bits per heavy atom. The Kier molecular flexibility index (Phi) is 10.7. The van der Waals surface area contributed by atoms with Crippen molar-refractivity contribution in [3.05, 3.63) is 70.3 Å². The van der Waals surface area contributed by atoms with Crippen molar-refractivity contribution in [2.45, 2.75) is 140 Å². The number of nitrogens with zero attached hydrogens (tertiary/aromatic N) is 1. The molecule has 0 unspecified atom stereocenters. The number of hydrogen-bond acceptors (Lipinski definition) is 6. The number of amides is 1. The predicted octanol–water partition coefficient (Wildman–Crippen LogP) is 6.12. The van der Waals surface area contributed by atoms with E-state index >= 15 is 0 Å². The van der Waals surface area contributed by atoms with Gasteiger partial charge >= 0.3 is 0 Å². The van der Waals surface area contributed by atoms with Crippen molar-refractivity contribution >= 4 is 5.91 Å². The minimum Gasteiger partial charge on any atom is -0.396 e. The second-order valence-corrected chi connectivity index (χ2v) is 16.6. The van der Waals surface area contributed by atoms with Crippen molar-refractivity contribution < 1.29 is 19.8 Å². The van der Waals surface area contributed by atoms with E-state index in [1.54, 1.807) is 12.0 Å². The molecule has 7 heteroatoms. The normalized spacial score (nSPS) is 31.7. The molecule has 1 heterocycles. The van der Waals surface area contributed by atoms with Crippen LogP contribution in [0.1, 0.15) is 126 Å². The Hall–Kier alpha value is -2.73. The van der Waals surface area contributed by atoms with Crippen LogP contribution in [-0.2, 0) is 28.0 Å². The van der Waals surface area contributed by atoms with Gasteiger partial charge in [0.2, 0.25) is 5.91 Å². The van der Waals surface area contributed by atoms with E-state index in [1.807, 2.05) is 24.3 Å². The molecule has 0 spiro atoms. The van der Waals surface area contributed by atoms with E-state index < -0.39 is 29.7 Å². The third kappa shape index (κ3) is 7.37. The zero-order chi connectivity index (χ0) is 35.0. The molecule has 7 nitrogen and oxygen atoms in total. The minimum atomic E-state index is -0.846. The summed E-state index contributed by atoms with van der Waals surface area (Å²) in [5.41, 5.74) is 12.4. The molecule has 7 atom stereocenters. The summed E-state index contributed by atoms with van der Waals surface area (Å²) in [6, 6.07) is 14.4. The van der Waals surface area contributed by atoms with Crippen LogP contribution in [0.25, 0.3) is 0 Å². The second-order valence-electron chi connectivity index (χ2n) is 16.6. The third-order valence-corrected chi connectivity index (χ3v) is 12.7. The Labute approximate surface area is 294 Å². The summed E-state index contributed by atoms with van der Waals surface area (Å²) in [6.07, 6.45) is 9.30. The number of carbonyl (C=O) groups excluding carboxylic acids is 1. The molecule has 4 aliphatic rings. The average Bonchev–Trinajstić information content (AvgIpc) is 3.45. The SMILES string of the molecule is CC(C)c1ccc2c(c1)CC[C@H]1[C@](C)(CNC(=O)[C@@H]3[C@H](CO)[C@H]([C@H](C)O)ON3Cc3cccc(C#CC4(N)CCCCC4)c3)CCC[C@]21C. The van der Waals surface area contributed by atoms with Crippen molar-refractivity contribution in [3.8, 4) is 11.8 Å². The summed E-state index contributed by atoms with van der Waals surface area (Å²) in [7, 11) is 0. The number of aliphatic hydroxyl groups is 2. The Morgan fingerprint density at radius 1 is 1.06 bits per heavy atom. The van der Waals surface area contributed by atoms with Crippen LogP contribution < -0.4 is 11.1 Å². The highest BCUT2D eigenvalue weighted by Gasteiger charge is 2.53. The largest absolute Gasteiger partial charge is 0.396 e. The molecular weight excluding hydrogens is 610 g/mol. The predicted molar refractivity (Wildman–Crippen MR) is 194 cm³/mol. The molecule has 266 valence electrons. The van der Waals surface area contributed by atoms with Crippen LogP contribution in [0.5, 0.6) is 0 Å². The number of hydroxylamine groups is 2. The lowest BCUT2D eigenvalue weighted by atomic mass is 9.49. The van der Waals surface area contributed by atoms with Crippen LogP contribution in [0.15, 0.2) is 42.5 Å². The summed E-state index contributed by atoms with van der Waals surface area (Å²) < 4.78 is 0. The number of fused-ring (bicyclic) bond motifs is 3. The van der Waals surface area contributed by atoms with Crippen LogP contribution in [0, 0.1) is 29.1 Å². The van der Waals surface area contributed by atoms with E-state index in [0.717, 1.165) is 68.9 Å². The van der Waals surface area contributed by atoms with Gasteiger partial charge in [0, 0.05) is 18.0 Å². The molecule has 0 aromatic heterocycles. The monoisotopic (exact) mass is 669 g/mol. The van der Waals surface area contributed by atoms with Crippen LogP contribution in [0.4, 0.5) is 0 Å². The lowest BCUT2D eigenvalue weighted by molar-refractivity contribution is -0.192. The summed E-state index contributed by atoms with van der Waals surface area (Å²) >= 11 is 0. The molecule has 3 aliphatic carbocycles. The number of nitrogens with two attached hydrogens (primary N) is 1. The topological polar surface area (TPSA) is 108 Å². The number of benzene rings is 2. The number of hydrogen-bond donors (Lipinski definition) is 4. The number of nitrogens with one attached hydrogen (secondary N) is 1. The summed E-state index contributed by atoms with van der Waals surface area (Å²) in [5, 5.41) is 26.2. The molecule has 2 aromatic carbocycles. The Bertz CT molecular complexity index is 1550. The Morgan fingerprint density at radius 2 is 1.84 bits per heavy atom. The van der Waals surface area contributed by atoms with Crippen LogP contribution in [0.3, 0.4) is 0 Å². The Balaban J connectivity index is 1.19. The van der Waals surface area contributed by atoms with E-state index in [0.29, 0.717) is 24.9 Å². The standard InChI is InChI=1S/C42H59N3O4/c1-28(2)32-13-15-35-33(24-32)14-16-36-40(4,18-10-19-41(35,36)5)27-44-39(48)37-34(26-46)38(29(3)47)49-45(37)25-31-12-9-11-30(23-31)17-22-42(43)20-7-6-8-21-42/h9,11-13,15,23-24,28-29,34,36-38,46-47H,6-8,10,14,16,18-21,25-27,43H2,1-5H3,(H,44,48)/t29-,34-,36-,37-,38-,40-,41+/m0/s1. The van der Waals surface area contributed by atoms with E-state index in [2.05, 4.69) is 63.1 Å². The molecule has 1 saturated heterocycles. The van der Waals surface area contributed by atoms with Crippen molar-refractivity contribution in [2.24, 2.45) is 23.0 Å². The van der Waals surface area contributed by atoms with Gasteiger partial charge in [-0.05, 0) is 103 Å². The van der Waals surface area contributed by atoms with Gasteiger partial charge in [-0.1, -0.05) is 95.6 Å². The lowest BCUT2D eigenvalue weighted by Crippen LogP contribution is -2.55. The van der Waals surface area contributed by atoms with Gasteiger partial charge in [0.1, 0.15) is 12.1 Å². The summed E-state index contributed by atoms with van der Waals surface area (Å²) in [5.74, 6) is 6.89. The van der Waals surface area contributed by atoms with E-state index in [-0.39, 0.29) is 23.3 Å². The molecule has 5 N–H and O–H groups in total. The van der Waals surface area contributed by atoms with Crippen LogP contribution in [-0.4, -0.2) is 58.1 Å². The van der Waals surface area contributed by atoms with Gasteiger partial charge in [0.25, 0.3) is 0 Å².